The van der Waals surface area contributed by atoms with Gasteiger partial charge < -0.3 is 23.9 Å². The van der Waals surface area contributed by atoms with Crippen LogP contribution in [-0.4, -0.2) is 48.2 Å². The molecule has 3 rings (SSSR count). The monoisotopic (exact) mass is 457 g/mol. The summed E-state index contributed by atoms with van der Waals surface area (Å²) in [7, 11) is 3.10. The van der Waals surface area contributed by atoms with Crippen LogP contribution in [0, 0.1) is 0 Å². The van der Waals surface area contributed by atoms with E-state index in [1.165, 1.54) is 7.11 Å². The van der Waals surface area contributed by atoms with Crippen molar-refractivity contribution < 1.29 is 28.2 Å². The third-order valence-electron chi connectivity index (χ3n) is 4.10. The zero-order valence-corrected chi connectivity index (χ0v) is 18.9. The zero-order chi connectivity index (χ0) is 23.1. The first-order valence-electron chi connectivity index (χ1n) is 9.69. The number of methoxy groups -OCH3 is 2. The van der Waals surface area contributed by atoms with Gasteiger partial charge in [0.25, 0.3) is 11.1 Å². The van der Waals surface area contributed by atoms with Gasteiger partial charge in [0.05, 0.1) is 37.2 Å². The molecule has 1 aromatic heterocycles. The number of esters is 1. The van der Waals surface area contributed by atoms with Crippen molar-refractivity contribution in [2.75, 3.05) is 25.3 Å². The molecule has 0 saturated carbocycles. The maximum Gasteiger partial charge on any atom is 0.338 e. The lowest BCUT2D eigenvalue weighted by Gasteiger charge is -2.09. The van der Waals surface area contributed by atoms with Gasteiger partial charge in [0.2, 0.25) is 5.91 Å². The summed E-state index contributed by atoms with van der Waals surface area (Å²) in [5.41, 5.74) is 1.46. The topological polar surface area (TPSA) is 113 Å². The lowest BCUT2D eigenvalue weighted by Crippen LogP contribution is -2.15. The number of thioether (sulfide) groups is 1. The van der Waals surface area contributed by atoms with Crippen molar-refractivity contribution in [3.05, 3.63) is 48.0 Å². The van der Waals surface area contributed by atoms with Crippen molar-refractivity contribution >= 4 is 29.3 Å². The van der Waals surface area contributed by atoms with Gasteiger partial charge in [0.15, 0.2) is 0 Å². The van der Waals surface area contributed by atoms with Crippen molar-refractivity contribution in [3.63, 3.8) is 0 Å². The minimum absolute atomic E-state index is 0.0437. The highest BCUT2D eigenvalue weighted by Crippen LogP contribution is 2.33. The minimum Gasteiger partial charge on any atom is -0.497 e. The van der Waals surface area contributed by atoms with E-state index in [0.29, 0.717) is 28.3 Å². The lowest BCUT2D eigenvalue weighted by atomic mass is 10.2. The first-order valence-corrected chi connectivity index (χ1v) is 10.7. The molecule has 168 valence electrons. The van der Waals surface area contributed by atoms with E-state index in [1.54, 1.807) is 63.4 Å². The van der Waals surface area contributed by atoms with Crippen LogP contribution < -0.4 is 14.8 Å². The summed E-state index contributed by atoms with van der Waals surface area (Å²) < 4.78 is 21.4. The Kier molecular flexibility index (Phi) is 7.72. The van der Waals surface area contributed by atoms with Gasteiger partial charge in [-0.1, -0.05) is 17.8 Å². The Bertz CT molecular complexity index is 1100. The van der Waals surface area contributed by atoms with E-state index in [2.05, 4.69) is 15.5 Å². The van der Waals surface area contributed by atoms with Gasteiger partial charge in [-0.25, -0.2) is 4.79 Å². The van der Waals surface area contributed by atoms with Crippen LogP contribution in [0.4, 0.5) is 5.69 Å². The number of rotatable bonds is 9. The van der Waals surface area contributed by atoms with Crippen molar-refractivity contribution in [2.45, 2.75) is 25.2 Å². The fraction of sp³-hybridized carbons (Fsp3) is 0.273. The Morgan fingerprint density at radius 2 is 1.91 bits per heavy atom. The second-order valence-corrected chi connectivity index (χ2v) is 7.74. The van der Waals surface area contributed by atoms with E-state index in [4.69, 9.17) is 18.6 Å². The summed E-state index contributed by atoms with van der Waals surface area (Å²) in [6, 6.07) is 11.8. The van der Waals surface area contributed by atoms with Crippen molar-refractivity contribution in [1.82, 2.24) is 10.2 Å². The van der Waals surface area contributed by atoms with E-state index in [0.717, 1.165) is 11.8 Å². The second kappa shape index (κ2) is 10.7. The quantitative estimate of drug-likeness (QED) is 0.375. The fourth-order valence-electron chi connectivity index (χ4n) is 2.68. The predicted molar refractivity (Wildman–Crippen MR) is 119 cm³/mol. The van der Waals surface area contributed by atoms with Crippen molar-refractivity contribution in [3.8, 4) is 23.0 Å². The van der Waals surface area contributed by atoms with Gasteiger partial charge in [-0.2, -0.15) is 0 Å². The van der Waals surface area contributed by atoms with Gasteiger partial charge in [0.1, 0.15) is 11.5 Å². The number of aromatic nitrogens is 2. The minimum atomic E-state index is -0.446. The zero-order valence-electron chi connectivity index (χ0n) is 18.1. The summed E-state index contributed by atoms with van der Waals surface area (Å²) in [6.45, 7) is 3.54. The molecule has 9 nitrogen and oxygen atoms in total. The fourth-order valence-corrected chi connectivity index (χ4v) is 3.25. The van der Waals surface area contributed by atoms with Crippen molar-refractivity contribution in [2.24, 2.45) is 0 Å². The van der Waals surface area contributed by atoms with E-state index in [-0.39, 0.29) is 28.9 Å². The molecule has 0 atom stereocenters. The number of hydrogen-bond donors (Lipinski definition) is 1. The highest BCUT2D eigenvalue weighted by atomic mass is 32.2. The Morgan fingerprint density at radius 3 is 2.62 bits per heavy atom. The normalized spacial score (nSPS) is 10.7. The number of amides is 1. The molecule has 0 radical (unpaired) electrons. The molecular formula is C22H23N3O6S. The largest absolute Gasteiger partial charge is 0.497 e. The molecular weight excluding hydrogens is 434 g/mol. The molecule has 0 unspecified atom stereocenters. The highest BCUT2D eigenvalue weighted by molar-refractivity contribution is 7.99. The maximum absolute atomic E-state index is 12.3. The van der Waals surface area contributed by atoms with Gasteiger partial charge in [-0.3, -0.25) is 4.79 Å². The molecule has 0 aliphatic carbocycles. The van der Waals surface area contributed by atoms with E-state index in [1.807, 2.05) is 0 Å². The molecule has 10 heteroatoms. The molecule has 0 saturated heterocycles. The number of benzene rings is 2. The molecule has 0 spiro atoms. The number of ether oxygens (including phenoxy) is 3. The molecule has 0 aliphatic heterocycles. The third-order valence-corrected chi connectivity index (χ3v) is 4.92. The second-order valence-electron chi connectivity index (χ2n) is 6.81. The SMILES string of the molecule is COc1ccc(-c2nnc(SCC(=O)Nc3cccc(C(=O)OC(C)C)c3)o2)c(OC)c1. The first-order chi connectivity index (χ1) is 15.4. The van der Waals surface area contributed by atoms with Crippen LogP contribution in [0.5, 0.6) is 11.5 Å². The molecule has 2 aromatic carbocycles. The van der Waals surface area contributed by atoms with Crippen LogP contribution in [0.25, 0.3) is 11.5 Å². The molecule has 32 heavy (non-hydrogen) atoms. The van der Waals surface area contributed by atoms with Gasteiger partial charge in [-0.15, -0.1) is 10.2 Å². The molecule has 0 bridgehead atoms. The highest BCUT2D eigenvalue weighted by Gasteiger charge is 2.16. The molecule has 1 amide bonds. The number of nitrogens with one attached hydrogen (secondary N) is 1. The average Bonchev–Trinajstić information content (AvgIpc) is 3.25. The number of anilines is 1. The van der Waals surface area contributed by atoms with Crippen molar-refractivity contribution in [1.29, 1.82) is 0 Å². The van der Waals surface area contributed by atoms with Gasteiger partial charge >= 0.3 is 5.97 Å². The van der Waals surface area contributed by atoms with Crippen LogP contribution in [0.2, 0.25) is 0 Å². The Balaban J connectivity index is 1.60. The number of carbonyl (C=O) groups is 2. The molecule has 0 aliphatic rings. The summed E-state index contributed by atoms with van der Waals surface area (Å²) >= 11 is 1.09. The molecule has 0 fully saturated rings. The number of hydrogen-bond acceptors (Lipinski definition) is 9. The molecule has 1 N–H and O–H groups in total. The lowest BCUT2D eigenvalue weighted by molar-refractivity contribution is -0.113. The first kappa shape index (κ1) is 23.1. The Hall–Kier alpha value is -3.53. The maximum atomic E-state index is 12.3. The van der Waals surface area contributed by atoms with Gasteiger partial charge in [0, 0.05) is 11.8 Å². The van der Waals surface area contributed by atoms with Crippen LogP contribution in [0.15, 0.2) is 52.1 Å². The van der Waals surface area contributed by atoms with Crippen LogP contribution in [-0.2, 0) is 9.53 Å². The Morgan fingerprint density at radius 1 is 1.09 bits per heavy atom. The standard InChI is InChI=1S/C22H23N3O6S/c1-13(2)30-21(27)14-6-5-7-15(10-14)23-19(26)12-32-22-25-24-20(31-22)17-9-8-16(28-3)11-18(17)29-4/h5-11,13H,12H2,1-4H3,(H,23,26). The van der Waals surface area contributed by atoms with E-state index < -0.39 is 5.97 Å². The van der Waals surface area contributed by atoms with Crippen LogP contribution >= 0.6 is 11.8 Å². The smallest absolute Gasteiger partial charge is 0.338 e. The number of carbonyl (C=O) groups excluding carboxylic acids is 2. The summed E-state index contributed by atoms with van der Waals surface area (Å²) in [6.07, 6.45) is -0.227. The van der Waals surface area contributed by atoms with Crippen LogP contribution in [0.1, 0.15) is 24.2 Å². The summed E-state index contributed by atoms with van der Waals surface area (Å²) in [5, 5.41) is 11.0. The Labute approximate surface area is 189 Å². The predicted octanol–water partition coefficient (Wildman–Crippen LogP) is 4.05. The van der Waals surface area contributed by atoms with E-state index in [9.17, 15) is 9.59 Å². The summed E-state index contributed by atoms with van der Waals surface area (Å²) in [4.78, 5) is 24.3. The summed E-state index contributed by atoms with van der Waals surface area (Å²) in [5.74, 6) is 0.742. The van der Waals surface area contributed by atoms with E-state index >= 15 is 0 Å². The number of nitrogens with zero attached hydrogens (tertiary/aromatic N) is 2. The van der Waals surface area contributed by atoms with Crippen LogP contribution in [0.3, 0.4) is 0 Å². The van der Waals surface area contributed by atoms with Gasteiger partial charge in [-0.05, 0) is 44.2 Å². The molecule has 1 heterocycles. The molecule has 3 aromatic rings. The average molecular weight is 458 g/mol. The third kappa shape index (κ3) is 6.01.